The van der Waals surface area contributed by atoms with Crippen molar-refractivity contribution in [3.05, 3.63) is 35.9 Å². The Balaban J connectivity index is 1.61. The van der Waals surface area contributed by atoms with Crippen LogP contribution >= 0.6 is 0 Å². The van der Waals surface area contributed by atoms with Gasteiger partial charge < -0.3 is 5.32 Å². The zero-order valence-corrected chi connectivity index (χ0v) is 12.0. The number of hydrogen-bond acceptors (Lipinski definition) is 2. The molecule has 0 spiro atoms. The summed E-state index contributed by atoms with van der Waals surface area (Å²) < 4.78 is 0. The fraction of sp³-hybridized carbons (Fsp3) is 0.647. The lowest BCUT2D eigenvalue weighted by Crippen LogP contribution is -2.58. The third-order valence-corrected chi connectivity index (χ3v) is 4.82. The van der Waals surface area contributed by atoms with Crippen LogP contribution in [0.15, 0.2) is 30.3 Å². The van der Waals surface area contributed by atoms with E-state index >= 15 is 0 Å². The zero-order chi connectivity index (χ0) is 13.1. The van der Waals surface area contributed by atoms with Crippen LogP contribution in [-0.4, -0.2) is 36.1 Å². The molecule has 0 amide bonds. The van der Waals surface area contributed by atoms with E-state index in [1.807, 2.05) is 0 Å². The first-order chi connectivity index (χ1) is 9.33. The summed E-state index contributed by atoms with van der Waals surface area (Å²) in [6.45, 7) is 4.75. The fourth-order valence-corrected chi connectivity index (χ4v) is 3.73. The van der Waals surface area contributed by atoms with Gasteiger partial charge in [-0.25, -0.2) is 0 Å². The topological polar surface area (TPSA) is 15.3 Å². The molecule has 1 saturated carbocycles. The highest BCUT2D eigenvalue weighted by Gasteiger charge is 2.31. The Hall–Kier alpha value is -0.860. The molecule has 1 saturated heterocycles. The van der Waals surface area contributed by atoms with Crippen molar-refractivity contribution in [1.82, 2.24) is 10.2 Å². The minimum Gasteiger partial charge on any atom is -0.311 e. The Bertz CT molecular complexity index is 384. The monoisotopic (exact) mass is 258 g/mol. The molecule has 1 aliphatic carbocycles. The van der Waals surface area contributed by atoms with E-state index < -0.39 is 0 Å². The number of benzene rings is 1. The second kappa shape index (κ2) is 6.06. The van der Waals surface area contributed by atoms with Gasteiger partial charge in [0.1, 0.15) is 0 Å². The van der Waals surface area contributed by atoms with Crippen molar-refractivity contribution in [2.45, 2.75) is 57.2 Å². The van der Waals surface area contributed by atoms with E-state index in [4.69, 9.17) is 0 Å². The predicted octanol–water partition coefficient (Wildman–Crippen LogP) is 2.83. The van der Waals surface area contributed by atoms with Gasteiger partial charge in [0.05, 0.1) is 0 Å². The molecule has 1 heterocycles. The molecule has 2 aliphatic rings. The van der Waals surface area contributed by atoms with Crippen molar-refractivity contribution in [2.75, 3.05) is 13.1 Å². The van der Waals surface area contributed by atoms with Crippen LogP contribution in [0.2, 0.25) is 0 Å². The van der Waals surface area contributed by atoms with Gasteiger partial charge in [-0.3, -0.25) is 4.90 Å². The molecule has 0 radical (unpaired) electrons. The Labute approximate surface area is 117 Å². The lowest BCUT2D eigenvalue weighted by atomic mass is 10.00. The maximum atomic E-state index is 3.73. The molecule has 1 aromatic rings. The van der Waals surface area contributed by atoms with Crippen molar-refractivity contribution in [1.29, 1.82) is 0 Å². The van der Waals surface area contributed by atoms with Crippen molar-refractivity contribution in [2.24, 2.45) is 0 Å². The van der Waals surface area contributed by atoms with Crippen LogP contribution in [0.5, 0.6) is 0 Å². The van der Waals surface area contributed by atoms with Gasteiger partial charge in [0.2, 0.25) is 0 Å². The van der Waals surface area contributed by atoms with Gasteiger partial charge in [-0.15, -0.1) is 0 Å². The van der Waals surface area contributed by atoms with Gasteiger partial charge in [-0.2, -0.15) is 0 Å². The molecular weight excluding hydrogens is 232 g/mol. The van der Waals surface area contributed by atoms with E-state index in [1.165, 1.54) is 37.8 Å². The van der Waals surface area contributed by atoms with Crippen molar-refractivity contribution in [3.8, 4) is 0 Å². The molecule has 1 aliphatic heterocycles. The first kappa shape index (κ1) is 13.1. The Kier molecular flexibility index (Phi) is 4.19. The van der Waals surface area contributed by atoms with Crippen LogP contribution in [0.25, 0.3) is 0 Å². The molecule has 3 rings (SSSR count). The first-order valence-corrected chi connectivity index (χ1v) is 7.86. The predicted molar refractivity (Wildman–Crippen MR) is 80.4 cm³/mol. The molecule has 2 fully saturated rings. The zero-order valence-electron chi connectivity index (χ0n) is 12.0. The normalized spacial score (nSPS) is 29.7. The molecular formula is C17H26N2. The smallest absolute Gasteiger partial charge is 0.0236 e. The SMILES string of the molecule is CC1CNC(Cc2ccccc2)CN1C1CCCC1. The van der Waals surface area contributed by atoms with Crippen LogP contribution in [0.4, 0.5) is 0 Å². The van der Waals surface area contributed by atoms with E-state index in [9.17, 15) is 0 Å². The van der Waals surface area contributed by atoms with Gasteiger partial charge >= 0.3 is 0 Å². The maximum Gasteiger partial charge on any atom is 0.0236 e. The molecule has 2 unspecified atom stereocenters. The lowest BCUT2D eigenvalue weighted by Gasteiger charge is -2.42. The molecule has 0 bridgehead atoms. The molecule has 2 heteroatoms. The number of rotatable bonds is 3. The standard InChI is InChI=1S/C17H26N2/c1-14-12-18-16(11-15-7-3-2-4-8-15)13-19(14)17-9-5-6-10-17/h2-4,7-8,14,16-18H,5-6,9-13H2,1H3. The number of hydrogen-bond donors (Lipinski definition) is 1. The molecule has 104 valence electrons. The molecule has 1 N–H and O–H groups in total. The van der Waals surface area contributed by atoms with E-state index in [1.54, 1.807) is 0 Å². The quantitative estimate of drug-likeness (QED) is 0.897. The van der Waals surface area contributed by atoms with E-state index in [0.717, 1.165) is 19.0 Å². The van der Waals surface area contributed by atoms with Gasteiger partial charge in [0, 0.05) is 31.2 Å². The Morgan fingerprint density at radius 3 is 2.63 bits per heavy atom. The van der Waals surface area contributed by atoms with Gasteiger partial charge in [0.25, 0.3) is 0 Å². The molecule has 2 nitrogen and oxygen atoms in total. The molecule has 2 atom stereocenters. The largest absolute Gasteiger partial charge is 0.311 e. The van der Waals surface area contributed by atoms with E-state index in [2.05, 4.69) is 47.5 Å². The second-order valence-electron chi connectivity index (χ2n) is 6.28. The van der Waals surface area contributed by atoms with E-state index in [-0.39, 0.29) is 0 Å². The van der Waals surface area contributed by atoms with Crippen LogP contribution in [0.1, 0.15) is 38.2 Å². The van der Waals surface area contributed by atoms with Crippen LogP contribution in [0, 0.1) is 0 Å². The lowest BCUT2D eigenvalue weighted by molar-refractivity contribution is 0.0931. The summed E-state index contributed by atoms with van der Waals surface area (Å²) >= 11 is 0. The minimum absolute atomic E-state index is 0.624. The minimum atomic E-state index is 0.624. The highest BCUT2D eigenvalue weighted by molar-refractivity contribution is 5.16. The average molecular weight is 258 g/mol. The first-order valence-electron chi connectivity index (χ1n) is 7.86. The second-order valence-corrected chi connectivity index (χ2v) is 6.28. The van der Waals surface area contributed by atoms with Gasteiger partial charge in [-0.05, 0) is 31.7 Å². The highest BCUT2D eigenvalue weighted by atomic mass is 15.3. The number of nitrogens with zero attached hydrogens (tertiary/aromatic N) is 1. The summed E-state index contributed by atoms with van der Waals surface area (Å²) in [6.07, 6.45) is 6.87. The summed E-state index contributed by atoms with van der Waals surface area (Å²) in [4.78, 5) is 2.77. The summed E-state index contributed by atoms with van der Waals surface area (Å²) in [5.41, 5.74) is 1.46. The summed E-state index contributed by atoms with van der Waals surface area (Å²) in [5.74, 6) is 0. The Morgan fingerprint density at radius 1 is 1.16 bits per heavy atom. The van der Waals surface area contributed by atoms with Crippen molar-refractivity contribution < 1.29 is 0 Å². The third-order valence-electron chi connectivity index (χ3n) is 4.82. The van der Waals surface area contributed by atoms with E-state index in [0.29, 0.717) is 12.1 Å². The molecule has 1 aromatic carbocycles. The number of nitrogens with one attached hydrogen (secondary N) is 1. The molecule has 19 heavy (non-hydrogen) atoms. The molecule has 0 aromatic heterocycles. The van der Waals surface area contributed by atoms with Crippen molar-refractivity contribution >= 4 is 0 Å². The third kappa shape index (κ3) is 3.18. The van der Waals surface area contributed by atoms with Crippen LogP contribution < -0.4 is 5.32 Å². The summed E-state index contributed by atoms with van der Waals surface area (Å²) in [7, 11) is 0. The number of piperazine rings is 1. The van der Waals surface area contributed by atoms with Crippen molar-refractivity contribution in [3.63, 3.8) is 0 Å². The van der Waals surface area contributed by atoms with Crippen LogP contribution in [-0.2, 0) is 6.42 Å². The van der Waals surface area contributed by atoms with Gasteiger partial charge in [-0.1, -0.05) is 43.2 Å². The summed E-state index contributed by atoms with van der Waals surface area (Å²) in [5, 5.41) is 3.73. The fourth-order valence-electron chi connectivity index (χ4n) is 3.73. The highest BCUT2D eigenvalue weighted by Crippen LogP contribution is 2.26. The average Bonchev–Trinajstić information content (AvgIpc) is 2.96. The summed E-state index contributed by atoms with van der Waals surface area (Å²) in [6, 6.07) is 13.1. The Morgan fingerprint density at radius 2 is 1.89 bits per heavy atom. The maximum absolute atomic E-state index is 3.73. The van der Waals surface area contributed by atoms with Crippen LogP contribution in [0.3, 0.4) is 0 Å². The van der Waals surface area contributed by atoms with Gasteiger partial charge in [0.15, 0.2) is 0 Å².